The maximum Gasteiger partial charge on any atom is 0.159 e. The lowest BCUT2D eigenvalue weighted by molar-refractivity contribution is 0.140. The molecule has 150 valence electrons. The zero-order valence-electron chi connectivity index (χ0n) is 17.2. The number of nitrogens with zero attached hydrogens (tertiary/aromatic N) is 5. The Balaban J connectivity index is 1.32. The molecule has 1 spiro atoms. The molecule has 1 aliphatic carbocycles. The summed E-state index contributed by atoms with van der Waals surface area (Å²) in [6, 6.07) is 10.4. The lowest BCUT2D eigenvalue weighted by Gasteiger charge is -2.40. The quantitative estimate of drug-likeness (QED) is 0.663. The van der Waals surface area contributed by atoms with E-state index in [1.165, 1.54) is 43.5 Å². The first-order valence-electron chi connectivity index (χ1n) is 10.9. The number of benzene rings is 1. The summed E-state index contributed by atoms with van der Waals surface area (Å²) in [6.45, 7) is 6.61. The van der Waals surface area contributed by atoms with Gasteiger partial charge in [0.2, 0.25) is 0 Å². The minimum Gasteiger partial charge on any atom is -0.335 e. The number of aryl methyl sites for hydroxylation is 3. The SMILES string of the molecule is Cc1nccn1CCCN1CCCC2(CCc3cnc(-c4ccccc4)nc32)C1. The highest BCUT2D eigenvalue weighted by atomic mass is 15.1. The smallest absolute Gasteiger partial charge is 0.159 e. The zero-order valence-corrected chi connectivity index (χ0v) is 17.2. The largest absolute Gasteiger partial charge is 0.335 e. The molecule has 1 fully saturated rings. The molecule has 5 heteroatoms. The summed E-state index contributed by atoms with van der Waals surface area (Å²) in [7, 11) is 0. The van der Waals surface area contributed by atoms with Crippen LogP contribution in [-0.2, 0) is 18.4 Å². The molecule has 5 nitrogen and oxygen atoms in total. The fourth-order valence-electron chi connectivity index (χ4n) is 5.19. The van der Waals surface area contributed by atoms with Gasteiger partial charge in [-0.15, -0.1) is 0 Å². The van der Waals surface area contributed by atoms with Crippen LogP contribution >= 0.6 is 0 Å². The Morgan fingerprint density at radius 1 is 1.07 bits per heavy atom. The summed E-state index contributed by atoms with van der Waals surface area (Å²) < 4.78 is 2.25. The molecule has 0 saturated carbocycles. The van der Waals surface area contributed by atoms with Gasteiger partial charge < -0.3 is 9.47 Å². The molecule has 0 radical (unpaired) electrons. The van der Waals surface area contributed by atoms with Crippen LogP contribution < -0.4 is 0 Å². The van der Waals surface area contributed by atoms with Gasteiger partial charge in [-0.3, -0.25) is 0 Å². The van der Waals surface area contributed by atoms with Crippen molar-refractivity contribution in [3.05, 3.63) is 66.0 Å². The van der Waals surface area contributed by atoms with Gasteiger partial charge in [0, 0.05) is 42.7 Å². The molecule has 1 unspecified atom stereocenters. The Morgan fingerprint density at radius 2 is 1.97 bits per heavy atom. The Morgan fingerprint density at radius 3 is 2.79 bits per heavy atom. The van der Waals surface area contributed by atoms with Gasteiger partial charge in [0.15, 0.2) is 5.82 Å². The van der Waals surface area contributed by atoms with E-state index in [4.69, 9.17) is 4.98 Å². The number of fused-ring (bicyclic) bond motifs is 2. The van der Waals surface area contributed by atoms with Crippen molar-refractivity contribution in [2.24, 2.45) is 0 Å². The molecule has 1 aromatic carbocycles. The predicted molar refractivity (Wildman–Crippen MR) is 115 cm³/mol. The molecular weight excluding hydrogens is 358 g/mol. The Labute approximate surface area is 172 Å². The van der Waals surface area contributed by atoms with Crippen LogP contribution in [0.4, 0.5) is 0 Å². The number of aromatic nitrogens is 4. The number of piperidine rings is 1. The third kappa shape index (κ3) is 3.60. The van der Waals surface area contributed by atoms with E-state index in [1.807, 2.05) is 12.3 Å². The third-order valence-corrected chi connectivity index (χ3v) is 6.72. The van der Waals surface area contributed by atoms with Crippen molar-refractivity contribution in [2.45, 2.75) is 51.0 Å². The molecule has 1 atom stereocenters. The first-order chi connectivity index (χ1) is 14.2. The fourth-order valence-corrected chi connectivity index (χ4v) is 5.19. The number of hydrogen-bond acceptors (Lipinski definition) is 4. The zero-order chi connectivity index (χ0) is 19.7. The van der Waals surface area contributed by atoms with Crippen LogP contribution in [0.1, 0.15) is 42.8 Å². The van der Waals surface area contributed by atoms with Gasteiger partial charge in [0.1, 0.15) is 5.82 Å². The Hall–Kier alpha value is -2.53. The average molecular weight is 388 g/mol. The Kier molecular flexibility index (Phi) is 4.92. The van der Waals surface area contributed by atoms with E-state index in [9.17, 15) is 0 Å². The molecule has 0 amide bonds. The molecule has 1 saturated heterocycles. The van der Waals surface area contributed by atoms with Crippen LogP contribution in [0.25, 0.3) is 11.4 Å². The molecule has 5 rings (SSSR count). The molecule has 2 aliphatic rings. The second kappa shape index (κ2) is 7.71. The van der Waals surface area contributed by atoms with E-state index in [0.717, 1.165) is 43.3 Å². The van der Waals surface area contributed by atoms with Crippen LogP contribution in [-0.4, -0.2) is 44.1 Å². The van der Waals surface area contributed by atoms with Gasteiger partial charge in [-0.2, -0.15) is 0 Å². The summed E-state index contributed by atoms with van der Waals surface area (Å²) in [6.07, 6.45) is 12.1. The van der Waals surface area contributed by atoms with Crippen molar-refractivity contribution in [3.63, 3.8) is 0 Å². The average Bonchev–Trinajstić information content (AvgIpc) is 3.32. The van der Waals surface area contributed by atoms with Crippen molar-refractivity contribution in [3.8, 4) is 11.4 Å². The van der Waals surface area contributed by atoms with Crippen molar-refractivity contribution >= 4 is 0 Å². The molecule has 1 aliphatic heterocycles. The van der Waals surface area contributed by atoms with Crippen LogP contribution in [0.5, 0.6) is 0 Å². The molecule has 29 heavy (non-hydrogen) atoms. The highest BCUT2D eigenvalue weighted by Gasteiger charge is 2.43. The normalized spacial score (nSPS) is 21.6. The number of rotatable bonds is 5. The molecular formula is C24H29N5. The number of hydrogen-bond donors (Lipinski definition) is 0. The topological polar surface area (TPSA) is 46.8 Å². The molecule has 3 heterocycles. The summed E-state index contributed by atoms with van der Waals surface area (Å²) in [5.74, 6) is 1.98. The van der Waals surface area contributed by atoms with Crippen molar-refractivity contribution < 1.29 is 0 Å². The van der Waals surface area contributed by atoms with E-state index >= 15 is 0 Å². The second-order valence-corrected chi connectivity index (χ2v) is 8.61. The summed E-state index contributed by atoms with van der Waals surface area (Å²) in [5.41, 5.74) is 4.01. The van der Waals surface area contributed by atoms with Gasteiger partial charge in [0.25, 0.3) is 0 Å². The fraction of sp³-hybridized carbons (Fsp3) is 0.458. The lowest BCUT2D eigenvalue weighted by atomic mass is 9.77. The van der Waals surface area contributed by atoms with Crippen molar-refractivity contribution in [1.29, 1.82) is 0 Å². The summed E-state index contributed by atoms with van der Waals surface area (Å²) >= 11 is 0. The van der Waals surface area contributed by atoms with Gasteiger partial charge in [-0.05, 0) is 57.7 Å². The molecule has 0 N–H and O–H groups in total. The van der Waals surface area contributed by atoms with Crippen LogP contribution in [0.2, 0.25) is 0 Å². The predicted octanol–water partition coefficient (Wildman–Crippen LogP) is 4.02. The van der Waals surface area contributed by atoms with Crippen LogP contribution in [0.3, 0.4) is 0 Å². The molecule has 3 aromatic rings. The van der Waals surface area contributed by atoms with E-state index in [1.54, 1.807) is 0 Å². The number of likely N-dealkylation sites (tertiary alicyclic amines) is 1. The maximum absolute atomic E-state index is 5.12. The second-order valence-electron chi connectivity index (χ2n) is 8.61. The molecule has 2 aromatic heterocycles. The molecule has 0 bridgehead atoms. The first-order valence-corrected chi connectivity index (χ1v) is 10.9. The standard InChI is InChI=1S/C24H29N5/c1-19-25-12-16-29(19)15-6-14-28-13-5-10-24(18-28)11-9-21-17-26-23(27-22(21)24)20-7-3-2-4-8-20/h2-4,7-8,12,16-17H,5-6,9-11,13-15,18H2,1H3. The van der Waals surface area contributed by atoms with Gasteiger partial charge in [-0.25, -0.2) is 15.0 Å². The van der Waals surface area contributed by atoms with Gasteiger partial charge in [0.05, 0.1) is 5.69 Å². The van der Waals surface area contributed by atoms with Gasteiger partial charge in [-0.1, -0.05) is 30.3 Å². The summed E-state index contributed by atoms with van der Waals surface area (Å²) in [4.78, 5) is 16.8. The van der Waals surface area contributed by atoms with Gasteiger partial charge >= 0.3 is 0 Å². The highest BCUT2D eigenvalue weighted by molar-refractivity contribution is 5.55. The summed E-state index contributed by atoms with van der Waals surface area (Å²) in [5, 5.41) is 0. The van der Waals surface area contributed by atoms with E-state index in [0.29, 0.717) is 0 Å². The minimum absolute atomic E-state index is 0.213. The van der Waals surface area contributed by atoms with E-state index < -0.39 is 0 Å². The minimum atomic E-state index is 0.213. The van der Waals surface area contributed by atoms with Crippen molar-refractivity contribution in [2.75, 3.05) is 19.6 Å². The monoisotopic (exact) mass is 387 g/mol. The lowest BCUT2D eigenvalue weighted by Crippen LogP contribution is -2.45. The van der Waals surface area contributed by atoms with E-state index in [-0.39, 0.29) is 5.41 Å². The number of imidazole rings is 1. The first kappa shape index (κ1) is 18.5. The third-order valence-electron chi connectivity index (χ3n) is 6.72. The van der Waals surface area contributed by atoms with Crippen molar-refractivity contribution in [1.82, 2.24) is 24.4 Å². The van der Waals surface area contributed by atoms with Crippen LogP contribution in [0.15, 0.2) is 48.9 Å². The van der Waals surface area contributed by atoms with E-state index in [2.05, 4.69) is 63.0 Å². The highest BCUT2D eigenvalue weighted by Crippen LogP contribution is 2.44. The van der Waals surface area contributed by atoms with Crippen LogP contribution in [0, 0.1) is 6.92 Å². The Bertz CT molecular complexity index is 976. The maximum atomic E-state index is 5.12.